The lowest BCUT2D eigenvalue weighted by Crippen LogP contribution is -2.61. The molecule has 0 spiro atoms. The predicted octanol–water partition coefficient (Wildman–Crippen LogP) is 6.61. The highest BCUT2D eigenvalue weighted by Crippen LogP contribution is 2.38. The molecule has 2 fully saturated rings. The number of carbonyl (C=O) groups excluding carboxylic acids is 2. The molecule has 3 aromatic rings. The number of piperazine rings is 1. The van der Waals surface area contributed by atoms with Gasteiger partial charge < -0.3 is 29.3 Å². The molecule has 260 valence electrons. The molecule has 0 radical (unpaired) electrons. The van der Waals surface area contributed by atoms with Crippen LogP contribution in [0.1, 0.15) is 62.3 Å². The van der Waals surface area contributed by atoms with Crippen molar-refractivity contribution in [3.05, 3.63) is 93.3 Å². The van der Waals surface area contributed by atoms with Crippen LogP contribution in [0.15, 0.2) is 60.2 Å². The van der Waals surface area contributed by atoms with Crippen LogP contribution >= 0.6 is 11.6 Å². The van der Waals surface area contributed by atoms with E-state index < -0.39 is 0 Å². The summed E-state index contributed by atoms with van der Waals surface area (Å²) in [5.41, 5.74) is 5.39. The van der Waals surface area contributed by atoms with Gasteiger partial charge in [-0.05, 0) is 96.8 Å². The molecule has 2 amide bonds. The maximum Gasteiger partial charge on any atom is 0.252 e. The lowest BCUT2D eigenvalue weighted by atomic mass is 9.82. The molecule has 0 unspecified atom stereocenters. The lowest BCUT2D eigenvalue weighted by Gasteiger charge is -2.44. The zero-order valence-corrected chi connectivity index (χ0v) is 29.4. The molecule has 2 bridgehead atoms. The molecule has 0 aromatic heterocycles. The third-order valence-corrected chi connectivity index (χ3v) is 10.0. The Hall–Kier alpha value is -4.08. The maximum absolute atomic E-state index is 15.0. The van der Waals surface area contributed by atoms with Crippen molar-refractivity contribution >= 4 is 29.0 Å². The van der Waals surface area contributed by atoms with Crippen molar-refractivity contribution < 1.29 is 28.2 Å². The van der Waals surface area contributed by atoms with E-state index in [2.05, 4.69) is 19.2 Å². The fourth-order valence-electron chi connectivity index (χ4n) is 6.98. The van der Waals surface area contributed by atoms with Gasteiger partial charge in [0.25, 0.3) is 5.91 Å². The summed E-state index contributed by atoms with van der Waals surface area (Å²) < 4.78 is 32.3. The number of aryl methyl sites for hydroxylation is 2. The molecule has 10 heteroatoms. The van der Waals surface area contributed by atoms with Gasteiger partial charge in [-0.3, -0.25) is 9.59 Å². The Morgan fingerprint density at radius 1 is 0.939 bits per heavy atom. The highest BCUT2D eigenvalue weighted by molar-refractivity contribution is 6.32. The van der Waals surface area contributed by atoms with Crippen LogP contribution in [0.4, 0.5) is 4.39 Å². The highest BCUT2D eigenvalue weighted by Gasteiger charge is 2.43. The Kier molecular flexibility index (Phi) is 10.8. The van der Waals surface area contributed by atoms with E-state index in [9.17, 15) is 14.0 Å². The number of nitrogens with zero attached hydrogens (tertiary/aromatic N) is 2. The Morgan fingerprint density at radius 3 is 2.31 bits per heavy atom. The zero-order valence-electron chi connectivity index (χ0n) is 28.7. The topological polar surface area (TPSA) is 80.3 Å². The molecule has 1 N–H and O–H groups in total. The second-order valence-corrected chi connectivity index (χ2v) is 13.4. The number of benzene rings is 3. The van der Waals surface area contributed by atoms with Crippen molar-refractivity contribution in [3.63, 3.8) is 0 Å². The number of hydrogen-bond acceptors (Lipinski definition) is 6. The van der Waals surface area contributed by atoms with Crippen LogP contribution in [-0.2, 0) is 29.0 Å². The van der Waals surface area contributed by atoms with Gasteiger partial charge in [0.05, 0.1) is 18.2 Å². The van der Waals surface area contributed by atoms with Crippen LogP contribution in [0.5, 0.6) is 17.2 Å². The smallest absolute Gasteiger partial charge is 0.252 e. The Labute approximate surface area is 293 Å². The monoisotopic (exact) mass is 689 g/mol. The average Bonchev–Trinajstić information content (AvgIpc) is 3.95. The van der Waals surface area contributed by atoms with Gasteiger partial charge in [0.1, 0.15) is 36.3 Å². The molecule has 49 heavy (non-hydrogen) atoms. The molecule has 3 aromatic carbocycles. The van der Waals surface area contributed by atoms with Crippen LogP contribution in [0.3, 0.4) is 0 Å². The number of methoxy groups -OCH3 is 1. The predicted molar refractivity (Wildman–Crippen MR) is 189 cm³/mol. The van der Waals surface area contributed by atoms with E-state index in [0.717, 1.165) is 36.8 Å². The Bertz CT molecular complexity index is 1720. The first-order chi connectivity index (χ1) is 23.7. The number of carbonyl (C=O) groups is 2. The second-order valence-electron chi connectivity index (χ2n) is 13.0. The van der Waals surface area contributed by atoms with E-state index in [4.69, 9.17) is 25.8 Å². The fourth-order valence-corrected chi connectivity index (χ4v) is 7.22. The van der Waals surface area contributed by atoms with Crippen LogP contribution in [-0.4, -0.2) is 73.2 Å². The summed E-state index contributed by atoms with van der Waals surface area (Å²) in [5, 5.41) is 4.21. The third kappa shape index (κ3) is 7.89. The van der Waals surface area contributed by atoms with E-state index in [1.807, 2.05) is 41.3 Å². The molecule has 3 aliphatic rings. The lowest BCUT2D eigenvalue weighted by molar-refractivity contribution is -0.132. The van der Waals surface area contributed by atoms with Gasteiger partial charge in [-0.1, -0.05) is 37.6 Å². The van der Waals surface area contributed by atoms with E-state index in [1.165, 1.54) is 17.2 Å². The van der Waals surface area contributed by atoms with Crippen molar-refractivity contribution in [2.75, 3.05) is 33.4 Å². The minimum Gasteiger partial charge on any atom is -0.497 e. The van der Waals surface area contributed by atoms with Gasteiger partial charge in [-0.2, -0.15) is 0 Å². The van der Waals surface area contributed by atoms with E-state index in [0.29, 0.717) is 66.1 Å². The Morgan fingerprint density at radius 2 is 1.63 bits per heavy atom. The molecule has 2 aliphatic heterocycles. The molecule has 1 saturated heterocycles. The minimum atomic E-state index is -0.375. The summed E-state index contributed by atoms with van der Waals surface area (Å²) in [6, 6.07) is 16.1. The number of amides is 2. The van der Waals surface area contributed by atoms with Gasteiger partial charge in [0.15, 0.2) is 0 Å². The summed E-state index contributed by atoms with van der Waals surface area (Å²) in [6.45, 7) is 7.60. The van der Waals surface area contributed by atoms with Gasteiger partial charge in [0, 0.05) is 49.8 Å². The van der Waals surface area contributed by atoms with Crippen LogP contribution in [0.2, 0.25) is 5.02 Å². The first-order valence-corrected chi connectivity index (χ1v) is 17.6. The number of fused-ring (bicyclic) bond motifs is 2. The molecular weight excluding hydrogens is 645 g/mol. The standard InChI is InChI=1S/C39H45ClFN3O5/c1-5-25-18-34(40)37(19-26(25)6-2)49-16-15-48-31-11-7-27(8-12-31)33-20-29-22-43(24(3)45)23-36(42-29)38(33)39(46)44(30-9-10-30)21-28-17-32(47-4)13-14-35(28)41/h7-8,11-14,17-19,29-30,36,42H,5-6,9-10,15-16,20-23H2,1-4H3/t29-,36-/m1/s1. The summed E-state index contributed by atoms with van der Waals surface area (Å²) in [5.74, 6) is 1.37. The Balaban J connectivity index is 1.22. The summed E-state index contributed by atoms with van der Waals surface area (Å²) in [4.78, 5) is 30.7. The number of halogens is 2. The van der Waals surface area contributed by atoms with Gasteiger partial charge in [-0.25, -0.2) is 4.39 Å². The van der Waals surface area contributed by atoms with Crippen LogP contribution in [0.25, 0.3) is 5.57 Å². The minimum absolute atomic E-state index is 0.0129. The van der Waals surface area contributed by atoms with Crippen molar-refractivity contribution in [2.24, 2.45) is 0 Å². The first kappa shape index (κ1) is 34.8. The van der Waals surface area contributed by atoms with Gasteiger partial charge in [0.2, 0.25) is 5.91 Å². The van der Waals surface area contributed by atoms with Crippen molar-refractivity contribution in [1.29, 1.82) is 0 Å². The van der Waals surface area contributed by atoms with Crippen molar-refractivity contribution in [1.82, 2.24) is 15.1 Å². The number of nitrogens with one attached hydrogen (secondary N) is 1. The molecular formula is C39H45ClFN3O5. The summed E-state index contributed by atoms with van der Waals surface area (Å²) in [7, 11) is 1.54. The third-order valence-electron chi connectivity index (χ3n) is 9.75. The maximum atomic E-state index is 15.0. The van der Waals surface area contributed by atoms with Crippen LogP contribution < -0.4 is 19.5 Å². The molecule has 1 saturated carbocycles. The van der Waals surface area contributed by atoms with Crippen LogP contribution in [0, 0.1) is 5.82 Å². The average molecular weight is 690 g/mol. The van der Waals surface area contributed by atoms with E-state index >= 15 is 0 Å². The van der Waals surface area contributed by atoms with E-state index in [-0.39, 0.29) is 42.3 Å². The first-order valence-electron chi connectivity index (χ1n) is 17.2. The zero-order chi connectivity index (χ0) is 34.7. The molecule has 2 heterocycles. The summed E-state index contributed by atoms with van der Waals surface area (Å²) in [6.07, 6.45) is 4.15. The summed E-state index contributed by atoms with van der Waals surface area (Å²) >= 11 is 6.47. The fraction of sp³-hybridized carbons (Fsp3) is 0.436. The highest BCUT2D eigenvalue weighted by atomic mass is 35.5. The quantitative estimate of drug-likeness (QED) is 0.204. The SMILES string of the molecule is CCc1cc(Cl)c(OCCOc2ccc(C3=C(C(=O)N(Cc4cc(OC)ccc4F)C4CC4)[C@H]4CN(C(C)=O)C[C@@H](C3)N4)cc2)cc1CC. The molecule has 8 nitrogen and oxygen atoms in total. The molecule has 1 aliphatic carbocycles. The second kappa shape index (κ2) is 15.2. The number of hydrogen-bond donors (Lipinski definition) is 1. The number of ether oxygens (including phenoxy) is 3. The van der Waals surface area contributed by atoms with Crippen molar-refractivity contribution in [2.45, 2.75) is 77.5 Å². The molecule has 2 atom stereocenters. The number of rotatable bonds is 13. The van der Waals surface area contributed by atoms with Gasteiger partial charge >= 0.3 is 0 Å². The van der Waals surface area contributed by atoms with Crippen molar-refractivity contribution in [3.8, 4) is 17.2 Å². The van der Waals surface area contributed by atoms with E-state index in [1.54, 1.807) is 31.1 Å². The normalized spacial score (nSPS) is 18.7. The largest absolute Gasteiger partial charge is 0.497 e. The molecule has 6 rings (SSSR count). The van der Waals surface area contributed by atoms with Gasteiger partial charge in [-0.15, -0.1) is 0 Å².